The molecular weight excluding hydrogens is 296 g/mol. The van der Waals surface area contributed by atoms with E-state index in [1.54, 1.807) is 11.3 Å². The number of carbonyl (C=O) groups excluding carboxylic acids is 1. The Labute approximate surface area is 137 Å². The third kappa shape index (κ3) is 3.70. The molecule has 1 amide bonds. The molecule has 0 aliphatic carbocycles. The van der Waals surface area contributed by atoms with Gasteiger partial charge in [-0.25, -0.2) is 0 Å². The third-order valence-electron chi connectivity index (χ3n) is 4.92. The van der Waals surface area contributed by atoms with Crippen molar-refractivity contribution < 1.29 is 9.53 Å². The second kappa shape index (κ2) is 7.11. The molecule has 0 radical (unpaired) electrons. The monoisotopic (exact) mass is 322 g/mol. The van der Waals surface area contributed by atoms with Gasteiger partial charge in [0.05, 0.1) is 19.6 Å². The zero-order chi connectivity index (χ0) is 15.4. The number of likely N-dealkylation sites (N-methyl/N-ethyl adjacent to an activating group) is 1. The SMILES string of the molecule is CCN1CCOC[C@@]2(CCCN(C(=O)Cc3ccsc3)C2)C1. The maximum absolute atomic E-state index is 12.6. The number of rotatable bonds is 3. The van der Waals surface area contributed by atoms with Gasteiger partial charge < -0.3 is 14.5 Å². The van der Waals surface area contributed by atoms with Crippen molar-refractivity contribution >= 4 is 17.2 Å². The maximum Gasteiger partial charge on any atom is 0.227 e. The van der Waals surface area contributed by atoms with Gasteiger partial charge in [-0.05, 0) is 41.8 Å². The molecule has 0 bridgehead atoms. The zero-order valence-electron chi connectivity index (χ0n) is 13.4. The first kappa shape index (κ1) is 16.0. The topological polar surface area (TPSA) is 32.8 Å². The Hall–Kier alpha value is -0.910. The van der Waals surface area contributed by atoms with Crippen LogP contribution < -0.4 is 0 Å². The van der Waals surface area contributed by atoms with Crippen LogP contribution in [0.2, 0.25) is 0 Å². The van der Waals surface area contributed by atoms with Crippen molar-refractivity contribution in [3.63, 3.8) is 0 Å². The summed E-state index contributed by atoms with van der Waals surface area (Å²) in [7, 11) is 0. The summed E-state index contributed by atoms with van der Waals surface area (Å²) in [5, 5.41) is 4.11. The number of hydrogen-bond acceptors (Lipinski definition) is 4. The fourth-order valence-corrected chi connectivity index (χ4v) is 4.37. The molecule has 1 atom stereocenters. The number of thiophene rings is 1. The van der Waals surface area contributed by atoms with E-state index in [9.17, 15) is 4.79 Å². The minimum Gasteiger partial charge on any atom is -0.379 e. The molecule has 5 heteroatoms. The van der Waals surface area contributed by atoms with Crippen molar-refractivity contribution in [3.05, 3.63) is 22.4 Å². The van der Waals surface area contributed by atoms with Gasteiger partial charge in [-0.2, -0.15) is 11.3 Å². The van der Waals surface area contributed by atoms with E-state index in [2.05, 4.69) is 28.2 Å². The van der Waals surface area contributed by atoms with Crippen molar-refractivity contribution in [1.82, 2.24) is 9.80 Å². The normalized spacial score (nSPS) is 27.0. The number of nitrogens with zero attached hydrogens (tertiary/aromatic N) is 2. The van der Waals surface area contributed by atoms with Gasteiger partial charge in [-0.1, -0.05) is 6.92 Å². The van der Waals surface area contributed by atoms with E-state index in [1.165, 1.54) is 6.42 Å². The van der Waals surface area contributed by atoms with E-state index in [0.29, 0.717) is 6.42 Å². The van der Waals surface area contributed by atoms with Crippen molar-refractivity contribution in [3.8, 4) is 0 Å². The highest BCUT2D eigenvalue weighted by Gasteiger charge is 2.39. The molecule has 3 heterocycles. The van der Waals surface area contributed by atoms with E-state index in [-0.39, 0.29) is 11.3 Å². The second-order valence-corrected chi connectivity index (χ2v) is 7.43. The van der Waals surface area contributed by atoms with Gasteiger partial charge >= 0.3 is 0 Å². The predicted molar refractivity (Wildman–Crippen MR) is 89.2 cm³/mol. The molecule has 122 valence electrons. The first-order chi connectivity index (χ1) is 10.7. The van der Waals surface area contributed by atoms with E-state index >= 15 is 0 Å². The lowest BCUT2D eigenvalue weighted by molar-refractivity contribution is -0.135. The van der Waals surface area contributed by atoms with Gasteiger partial charge in [-0.15, -0.1) is 0 Å². The molecule has 2 fully saturated rings. The standard InChI is InChI=1S/C17H26N2O2S/c1-2-18-7-8-21-14-17(12-18)5-3-6-19(13-17)16(20)10-15-4-9-22-11-15/h4,9,11H,2-3,5-8,10,12-14H2,1H3/t17-/m0/s1. The molecule has 2 aliphatic rings. The molecule has 4 nitrogen and oxygen atoms in total. The van der Waals surface area contributed by atoms with Crippen LogP contribution >= 0.6 is 11.3 Å². The second-order valence-electron chi connectivity index (χ2n) is 6.65. The lowest BCUT2D eigenvalue weighted by Gasteiger charge is -2.43. The predicted octanol–water partition coefficient (Wildman–Crippen LogP) is 2.25. The lowest BCUT2D eigenvalue weighted by Crippen LogP contribution is -2.52. The van der Waals surface area contributed by atoms with E-state index < -0.39 is 0 Å². The molecule has 22 heavy (non-hydrogen) atoms. The minimum absolute atomic E-state index is 0.134. The number of likely N-dealkylation sites (tertiary alicyclic amines) is 1. The van der Waals surface area contributed by atoms with Gasteiger partial charge in [0.25, 0.3) is 0 Å². The molecular formula is C17H26N2O2S. The van der Waals surface area contributed by atoms with Crippen LogP contribution in [0.4, 0.5) is 0 Å². The average molecular weight is 322 g/mol. The average Bonchev–Trinajstić information content (AvgIpc) is 2.95. The number of hydrogen-bond donors (Lipinski definition) is 0. The summed E-state index contributed by atoms with van der Waals surface area (Å²) in [6, 6.07) is 2.05. The van der Waals surface area contributed by atoms with Crippen LogP contribution in [-0.4, -0.2) is 61.6 Å². The van der Waals surface area contributed by atoms with Crippen molar-refractivity contribution in [2.24, 2.45) is 5.41 Å². The number of amides is 1. The maximum atomic E-state index is 12.6. The van der Waals surface area contributed by atoms with Gasteiger partial charge in [0.2, 0.25) is 5.91 Å². The highest BCUT2D eigenvalue weighted by atomic mass is 32.1. The van der Waals surface area contributed by atoms with Crippen molar-refractivity contribution in [2.75, 3.05) is 45.9 Å². The first-order valence-corrected chi connectivity index (χ1v) is 9.24. The van der Waals surface area contributed by atoms with Crippen LogP contribution in [0.5, 0.6) is 0 Å². The van der Waals surface area contributed by atoms with Crippen LogP contribution in [0.1, 0.15) is 25.3 Å². The summed E-state index contributed by atoms with van der Waals surface area (Å²) in [4.78, 5) is 17.1. The Balaban J connectivity index is 1.66. The van der Waals surface area contributed by atoms with Gasteiger partial charge in [-0.3, -0.25) is 4.79 Å². The Morgan fingerprint density at radius 2 is 2.32 bits per heavy atom. The Morgan fingerprint density at radius 1 is 1.41 bits per heavy atom. The minimum atomic E-state index is 0.134. The zero-order valence-corrected chi connectivity index (χ0v) is 14.2. The van der Waals surface area contributed by atoms with Gasteiger partial charge in [0.15, 0.2) is 0 Å². The van der Waals surface area contributed by atoms with Crippen molar-refractivity contribution in [2.45, 2.75) is 26.2 Å². The molecule has 3 rings (SSSR count). The molecule has 1 aromatic rings. The van der Waals surface area contributed by atoms with Crippen LogP contribution in [0.3, 0.4) is 0 Å². The van der Waals surface area contributed by atoms with E-state index in [1.807, 2.05) is 5.38 Å². The number of piperidine rings is 1. The Morgan fingerprint density at radius 3 is 3.09 bits per heavy atom. The summed E-state index contributed by atoms with van der Waals surface area (Å²) >= 11 is 1.66. The van der Waals surface area contributed by atoms with Crippen LogP contribution in [0.15, 0.2) is 16.8 Å². The molecule has 1 spiro atoms. The molecule has 2 saturated heterocycles. The Kier molecular flexibility index (Phi) is 5.16. The van der Waals surface area contributed by atoms with Crippen LogP contribution in [0.25, 0.3) is 0 Å². The number of carbonyl (C=O) groups is 1. The fraction of sp³-hybridized carbons (Fsp3) is 0.706. The summed E-state index contributed by atoms with van der Waals surface area (Å²) in [6.45, 7) is 8.72. The highest BCUT2D eigenvalue weighted by Crippen LogP contribution is 2.33. The highest BCUT2D eigenvalue weighted by molar-refractivity contribution is 7.07. The summed E-state index contributed by atoms with van der Waals surface area (Å²) in [5.41, 5.74) is 1.27. The smallest absolute Gasteiger partial charge is 0.227 e. The molecule has 1 aromatic heterocycles. The Bertz CT molecular complexity index is 491. The number of ether oxygens (including phenoxy) is 1. The van der Waals surface area contributed by atoms with Crippen LogP contribution in [0, 0.1) is 5.41 Å². The summed E-state index contributed by atoms with van der Waals surface area (Å²) in [6.07, 6.45) is 2.81. The largest absolute Gasteiger partial charge is 0.379 e. The van der Waals surface area contributed by atoms with E-state index in [4.69, 9.17) is 4.74 Å². The first-order valence-electron chi connectivity index (χ1n) is 8.30. The molecule has 0 saturated carbocycles. The third-order valence-corrected chi connectivity index (χ3v) is 5.65. The fourth-order valence-electron chi connectivity index (χ4n) is 3.70. The van der Waals surface area contributed by atoms with Crippen molar-refractivity contribution in [1.29, 1.82) is 0 Å². The van der Waals surface area contributed by atoms with Gasteiger partial charge in [0.1, 0.15) is 0 Å². The summed E-state index contributed by atoms with van der Waals surface area (Å²) in [5.74, 6) is 0.268. The quantitative estimate of drug-likeness (QED) is 0.856. The van der Waals surface area contributed by atoms with Gasteiger partial charge in [0, 0.05) is 31.6 Å². The van der Waals surface area contributed by atoms with Crippen LogP contribution in [-0.2, 0) is 16.0 Å². The molecule has 0 aromatic carbocycles. The molecule has 0 unspecified atom stereocenters. The molecule has 2 aliphatic heterocycles. The lowest BCUT2D eigenvalue weighted by atomic mass is 9.80. The molecule has 0 N–H and O–H groups in total. The summed E-state index contributed by atoms with van der Waals surface area (Å²) < 4.78 is 5.88. The van der Waals surface area contributed by atoms with E-state index in [0.717, 1.165) is 57.9 Å².